The molecule has 0 radical (unpaired) electrons. The van der Waals surface area contributed by atoms with Gasteiger partial charge in [0, 0.05) is 32.6 Å². The van der Waals surface area contributed by atoms with Crippen molar-refractivity contribution in [2.45, 2.75) is 19.4 Å². The molecule has 1 fully saturated rings. The van der Waals surface area contributed by atoms with Crippen molar-refractivity contribution >= 4 is 16.0 Å². The molecule has 1 aromatic heterocycles. The van der Waals surface area contributed by atoms with Crippen LogP contribution in [0.3, 0.4) is 0 Å². The van der Waals surface area contributed by atoms with Crippen LogP contribution >= 0.6 is 0 Å². The highest BCUT2D eigenvalue weighted by Crippen LogP contribution is 2.13. The maximum Gasteiger partial charge on any atom is 0.303 e. The van der Waals surface area contributed by atoms with Gasteiger partial charge in [0.15, 0.2) is 0 Å². The number of carboxylic acid groups (broad SMARTS) is 1. The molecular weight excluding hydrogens is 296 g/mol. The molecule has 0 amide bonds. The molecule has 0 aromatic carbocycles. The normalized spacial score (nSPS) is 17.9. The largest absolute Gasteiger partial charge is 0.481 e. The van der Waals surface area contributed by atoms with E-state index in [1.165, 1.54) is 4.31 Å². The van der Waals surface area contributed by atoms with Gasteiger partial charge >= 0.3 is 5.97 Å². The van der Waals surface area contributed by atoms with Crippen molar-refractivity contribution in [2.24, 2.45) is 0 Å². The van der Waals surface area contributed by atoms with Gasteiger partial charge in [-0.1, -0.05) is 0 Å². The van der Waals surface area contributed by atoms with Crippen molar-refractivity contribution < 1.29 is 22.7 Å². The minimum atomic E-state index is -3.34. The summed E-state index contributed by atoms with van der Waals surface area (Å²) in [4.78, 5) is 12.6. The van der Waals surface area contributed by atoms with Crippen molar-refractivity contribution in [1.82, 2.24) is 9.21 Å². The van der Waals surface area contributed by atoms with Crippen molar-refractivity contribution in [1.29, 1.82) is 0 Å². The van der Waals surface area contributed by atoms with Gasteiger partial charge in [0.25, 0.3) is 0 Å². The van der Waals surface area contributed by atoms with E-state index in [0.29, 0.717) is 32.7 Å². The molecule has 0 saturated carbocycles. The summed E-state index contributed by atoms with van der Waals surface area (Å²) in [6.45, 7) is 2.86. The lowest BCUT2D eigenvalue weighted by Gasteiger charge is -2.33. The lowest BCUT2D eigenvalue weighted by Crippen LogP contribution is -2.48. The van der Waals surface area contributed by atoms with E-state index in [1.54, 1.807) is 6.26 Å². The Balaban J connectivity index is 1.78. The Labute approximate surface area is 124 Å². The van der Waals surface area contributed by atoms with Crippen LogP contribution in [0.25, 0.3) is 0 Å². The molecule has 0 aliphatic carbocycles. The third kappa shape index (κ3) is 4.83. The maximum atomic E-state index is 12.1. The summed E-state index contributed by atoms with van der Waals surface area (Å²) >= 11 is 0. The van der Waals surface area contributed by atoms with Crippen LogP contribution in [0.5, 0.6) is 0 Å². The zero-order chi connectivity index (χ0) is 15.3. The van der Waals surface area contributed by atoms with Gasteiger partial charge < -0.3 is 9.52 Å². The van der Waals surface area contributed by atoms with Gasteiger partial charge in [-0.25, -0.2) is 8.42 Å². The second-order valence-corrected chi connectivity index (χ2v) is 7.16. The molecule has 1 aromatic rings. The number of hydrogen-bond acceptors (Lipinski definition) is 5. The summed E-state index contributed by atoms with van der Waals surface area (Å²) in [5.74, 6) is -0.196. The van der Waals surface area contributed by atoms with E-state index < -0.39 is 16.0 Å². The molecule has 1 N–H and O–H groups in total. The first-order valence-corrected chi connectivity index (χ1v) is 8.52. The molecule has 0 unspecified atom stereocenters. The second-order valence-electron chi connectivity index (χ2n) is 5.07. The van der Waals surface area contributed by atoms with E-state index >= 15 is 0 Å². The monoisotopic (exact) mass is 316 g/mol. The number of nitrogens with zero attached hydrogens (tertiary/aromatic N) is 2. The first-order valence-electron chi connectivity index (χ1n) is 6.92. The number of rotatable bonds is 7. The van der Waals surface area contributed by atoms with Gasteiger partial charge in [0.1, 0.15) is 5.76 Å². The Morgan fingerprint density at radius 2 is 2.00 bits per heavy atom. The predicted molar refractivity (Wildman–Crippen MR) is 76.2 cm³/mol. The Kier molecular flexibility index (Phi) is 5.38. The minimum Gasteiger partial charge on any atom is -0.481 e. The molecule has 8 heteroatoms. The fourth-order valence-corrected chi connectivity index (χ4v) is 3.81. The molecule has 21 heavy (non-hydrogen) atoms. The summed E-state index contributed by atoms with van der Waals surface area (Å²) in [6, 6.07) is 3.73. The summed E-state index contributed by atoms with van der Waals surface area (Å²) in [5, 5.41) is 8.55. The van der Waals surface area contributed by atoms with Crippen LogP contribution in [0.4, 0.5) is 0 Å². The minimum absolute atomic E-state index is 0.0997. The van der Waals surface area contributed by atoms with Crippen LogP contribution in [0.1, 0.15) is 18.6 Å². The Hall–Kier alpha value is -1.38. The van der Waals surface area contributed by atoms with E-state index in [0.717, 1.165) is 5.76 Å². The smallest absolute Gasteiger partial charge is 0.303 e. The van der Waals surface area contributed by atoms with Gasteiger partial charge in [0.05, 0.1) is 18.6 Å². The molecule has 1 aliphatic heterocycles. The number of sulfonamides is 1. The SMILES string of the molecule is O=C(O)CCCS(=O)(=O)N1CCN(Cc2ccco2)CC1. The van der Waals surface area contributed by atoms with Gasteiger partial charge in [-0.2, -0.15) is 4.31 Å². The van der Waals surface area contributed by atoms with Gasteiger partial charge in [-0.05, 0) is 18.6 Å². The molecule has 1 saturated heterocycles. The fourth-order valence-electron chi connectivity index (χ4n) is 2.32. The second kappa shape index (κ2) is 7.06. The van der Waals surface area contributed by atoms with E-state index in [1.807, 2.05) is 12.1 Å². The lowest BCUT2D eigenvalue weighted by atomic mass is 10.3. The van der Waals surface area contributed by atoms with Gasteiger partial charge in [-0.15, -0.1) is 0 Å². The Morgan fingerprint density at radius 1 is 1.29 bits per heavy atom. The number of carboxylic acids is 1. The molecular formula is C13H20N2O5S. The fraction of sp³-hybridized carbons (Fsp3) is 0.615. The van der Waals surface area contributed by atoms with Crippen LogP contribution in [0.15, 0.2) is 22.8 Å². The molecule has 2 rings (SSSR count). The van der Waals surface area contributed by atoms with Crippen LogP contribution in [0, 0.1) is 0 Å². The predicted octanol–water partition coefficient (Wildman–Crippen LogP) is 0.592. The van der Waals surface area contributed by atoms with E-state index in [9.17, 15) is 13.2 Å². The summed E-state index contributed by atoms with van der Waals surface area (Å²) < 4.78 is 30.9. The van der Waals surface area contributed by atoms with E-state index in [2.05, 4.69) is 4.90 Å². The third-order valence-electron chi connectivity index (χ3n) is 3.48. The average Bonchev–Trinajstić information content (AvgIpc) is 2.91. The summed E-state index contributed by atoms with van der Waals surface area (Å²) in [6.07, 6.45) is 1.67. The standard InChI is InChI=1S/C13H20N2O5S/c16-13(17)4-2-10-21(18,19)15-7-5-14(6-8-15)11-12-3-1-9-20-12/h1,3,9H,2,4-8,10-11H2,(H,16,17). The molecule has 0 bridgehead atoms. The van der Waals surface area contributed by atoms with Crippen molar-refractivity contribution in [3.05, 3.63) is 24.2 Å². The van der Waals surface area contributed by atoms with E-state index in [-0.39, 0.29) is 18.6 Å². The quantitative estimate of drug-likeness (QED) is 0.792. The molecule has 118 valence electrons. The van der Waals surface area contributed by atoms with Crippen LogP contribution < -0.4 is 0 Å². The van der Waals surface area contributed by atoms with Gasteiger partial charge in [-0.3, -0.25) is 9.69 Å². The first kappa shape index (κ1) is 16.0. The van der Waals surface area contributed by atoms with Gasteiger partial charge in [0.2, 0.25) is 10.0 Å². The van der Waals surface area contributed by atoms with Crippen molar-refractivity contribution in [3.63, 3.8) is 0 Å². The topological polar surface area (TPSA) is 91.1 Å². The lowest BCUT2D eigenvalue weighted by molar-refractivity contribution is -0.137. The summed E-state index contributed by atoms with van der Waals surface area (Å²) in [5.41, 5.74) is 0. The molecule has 7 nitrogen and oxygen atoms in total. The van der Waals surface area contributed by atoms with Crippen molar-refractivity contribution in [3.8, 4) is 0 Å². The number of piperazine rings is 1. The first-order chi connectivity index (χ1) is 9.97. The molecule has 1 aliphatic rings. The molecule has 2 heterocycles. The maximum absolute atomic E-state index is 12.1. The zero-order valence-electron chi connectivity index (χ0n) is 11.8. The number of aliphatic carboxylic acids is 1. The molecule has 0 atom stereocenters. The van der Waals surface area contributed by atoms with E-state index in [4.69, 9.17) is 9.52 Å². The van der Waals surface area contributed by atoms with Crippen LogP contribution in [0.2, 0.25) is 0 Å². The zero-order valence-corrected chi connectivity index (χ0v) is 12.6. The summed E-state index contributed by atoms with van der Waals surface area (Å²) in [7, 11) is -3.34. The number of furan rings is 1. The van der Waals surface area contributed by atoms with Crippen LogP contribution in [-0.4, -0.2) is 60.6 Å². The number of carbonyl (C=O) groups is 1. The Morgan fingerprint density at radius 3 is 2.57 bits per heavy atom. The average molecular weight is 316 g/mol. The highest BCUT2D eigenvalue weighted by Gasteiger charge is 2.26. The highest BCUT2D eigenvalue weighted by atomic mass is 32.2. The van der Waals surface area contributed by atoms with Crippen LogP contribution in [-0.2, 0) is 21.4 Å². The number of hydrogen-bond donors (Lipinski definition) is 1. The Bertz CT molecular complexity index is 547. The van der Waals surface area contributed by atoms with Crippen molar-refractivity contribution in [2.75, 3.05) is 31.9 Å². The highest BCUT2D eigenvalue weighted by molar-refractivity contribution is 7.89. The molecule has 0 spiro atoms. The third-order valence-corrected chi connectivity index (χ3v) is 5.43.